The first-order valence-corrected chi connectivity index (χ1v) is 5.01. The van der Waals surface area contributed by atoms with Crippen molar-refractivity contribution < 1.29 is 8.76 Å². The molecule has 0 aliphatic heterocycles. The van der Waals surface area contributed by atoms with Gasteiger partial charge in [0.1, 0.15) is 0 Å². The molecule has 0 N–H and O–H groups in total. The van der Waals surface area contributed by atoms with E-state index in [1.165, 1.54) is 6.92 Å². The van der Waals surface area contributed by atoms with Gasteiger partial charge in [0.25, 0.3) is 0 Å². The Bertz CT molecular complexity index is 188. The van der Waals surface area contributed by atoms with Crippen molar-refractivity contribution >= 4 is 42.9 Å². The first kappa shape index (κ1) is 10.6. The summed E-state index contributed by atoms with van der Waals surface area (Å²) in [6.07, 6.45) is 0. The van der Waals surface area contributed by atoms with Crippen molar-refractivity contribution in [2.24, 2.45) is 0 Å². The zero-order chi connectivity index (χ0) is 8.36. The summed E-state index contributed by atoms with van der Waals surface area (Å²) in [4.78, 5) is 0. The minimum atomic E-state index is -2.25. The molecule has 0 aliphatic rings. The summed E-state index contributed by atoms with van der Waals surface area (Å²) in [7, 11) is 0. The maximum absolute atomic E-state index is 10.3. The molecule has 0 rings (SSSR count). The highest BCUT2D eigenvalue weighted by Crippen LogP contribution is 2.31. The molecule has 0 aromatic heterocycles. The molecular formula is C4H4Br2NO2S-. The lowest BCUT2D eigenvalue weighted by Gasteiger charge is -2.22. The summed E-state index contributed by atoms with van der Waals surface area (Å²) < 4.78 is 19.4. The van der Waals surface area contributed by atoms with Crippen LogP contribution in [-0.2, 0) is 11.1 Å². The van der Waals surface area contributed by atoms with E-state index in [0.717, 1.165) is 0 Å². The Labute approximate surface area is 78.3 Å². The van der Waals surface area contributed by atoms with Gasteiger partial charge in [-0.3, -0.25) is 4.21 Å². The molecule has 0 saturated carbocycles. The van der Waals surface area contributed by atoms with Crippen molar-refractivity contribution in [3.63, 3.8) is 0 Å². The van der Waals surface area contributed by atoms with Crippen molar-refractivity contribution in [3.8, 4) is 6.07 Å². The maximum atomic E-state index is 10.3. The largest absolute Gasteiger partial charge is 0.772 e. The van der Waals surface area contributed by atoms with Crippen LogP contribution >= 0.6 is 31.9 Å². The number of rotatable bonds is 2. The molecule has 0 aliphatic carbocycles. The van der Waals surface area contributed by atoms with Crippen LogP contribution < -0.4 is 0 Å². The molecule has 10 heavy (non-hydrogen) atoms. The molecule has 58 valence electrons. The lowest BCUT2D eigenvalue weighted by Crippen LogP contribution is -2.29. The van der Waals surface area contributed by atoms with Gasteiger partial charge in [0.05, 0.1) is 11.3 Å². The normalized spacial score (nSPS) is 17.5. The van der Waals surface area contributed by atoms with E-state index in [9.17, 15) is 8.76 Å². The molecule has 0 fully saturated rings. The van der Waals surface area contributed by atoms with Crippen LogP contribution in [0.15, 0.2) is 0 Å². The third-order valence-electron chi connectivity index (χ3n) is 0.948. The Morgan fingerprint density at radius 3 is 2.30 bits per heavy atom. The highest BCUT2D eigenvalue weighted by molar-refractivity contribution is 9.25. The van der Waals surface area contributed by atoms with Gasteiger partial charge in [0.2, 0.25) is 0 Å². The summed E-state index contributed by atoms with van der Waals surface area (Å²) >= 11 is 3.57. The molecule has 0 bridgehead atoms. The van der Waals surface area contributed by atoms with Gasteiger partial charge < -0.3 is 4.55 Å². The van der Waals surface area contributed by atoms with Gasteiger partial charge in [-0.1, -0.05) is 31.9 Å². The van der Waals surface area contributed by atoms with Crippen molar-refractivity contribution in [2.75, 3.05) is 0 Å². The molecule has 0 radical (unpaired) electrons. The first-order valence-electron chi connectivity index (χ1n) is 2.29. The molecule has 2 atom stereocenters. The van der Waals surface area contributed by atoms with Gasteiger partial charge in [-0.2, -0.15) is 5.26 Å². The minimum Gasteiger partial charge on any atom is -0.772 e. The van der Waals surface area contributed by atoms with Crippen LogP contribution in [0, 0.1) is 11.3 Å². The highest BCUT2D eigenvalue weighted by atomic mass is 79.9. The van der Waals surface area contributed by atoms with Gasteiger partial charge >= 0.3 is 0 Å². The van der Waals surface area contributed by atoms with Gasteiger partial charge in [-0.25, -0.2) is 0 Å². The average Bonchev–Trinajstić information content (AvgIpc) is 1.86. The van der Waals surface area contributed by atoms with E-state index < -0.39 is 19.6 Å². The molecule has 3 nitrogen and oxygen atoms in total. The zero-order valence-corrected chi connectivity index (χ0v) is 8.99. The predicted molar refractivity (Wildman–Crippen MR) is 44.6 cm³/mol. The standard InChI is InChI=1S/C4H5Br2NO2S/c1-3(10(8)9)4(5,6)2-7/h3H,1H3,(H,8,9)/p-1. The zero-order valence-electron chi connectivity index (χ0n) is 5.01. The van der Waals surface area contributed by atoms with E-state index in [4.69, 9.17) is 5.26 Å². The Morgan fingerprint density at radius 2 is 2.20 bits per heavy atom. The molecule has 0 aromatic rings. The average molecular weight is 290 g/mol. The molecule has 6 heteroatoms. The van der Waals surface area contributed by atoms with Crippen molar-refractivity contribution in [3.05, 3.63) is 0 Å². The lowest BCUT2D eigenvalue weighted by atomic mass is 10.4. The third kappa shape index (κ3) is 2.66. The van der Waals surface area contributed by atoms with Crippen molar-refractivity contribution in [2.45, 2.75) is 15.4 Å². The van der Waals surface area contributed by atoms with Crippen LogP contribution in [0.5, 0.6) is 0 Å². The second kappa shape index (κ2) is 3.81. The number of halogens is 2. The van der Waals surface area contributed by atoms with Gasteiger partial charge in [0, 0.05) is 0 Å². The van der Waals surface area contributed by atoms with Crippen LogP contribution in [0.1, 0.15) is 6.92 Å². The van der Waals surface area contributed by atoms with Crippen LogP contribution in [0.3, 0.4) is 0 Å². The Kier molecular flexibility index (Phi) is 4.02. The van der Waals surface area contributed by atoms with E-state index in [2.05, 4.69) is 31.9 Å². The monoisotopic (exact) mass is 288 g/mol. The quantitative estimate of drug-likeness (QED) is 0.568. The van der Waals surface area contributed by atoms with Gasteiger partial charge in [-0.15, -0.1) is 0 Å². The fraction of sp³-hybridized carbons (Fsp3) is 0.750. The molecular weight excluding hydrogens is 286 g/mol. The fourth-order valence-electron chi connectivity index (χ4n) is 0.212. The molecule has 0 amide bonds. The van der Waals surface area contributed by atoms with Crippen LogP contribution in [-0.4, -0.2) is 17.2 Å². The van der Waals surface area contributed by atoms with E-state index in [1.807, 2.05) is 0 Å². The second-order valence-electron chi connectivity index (χ2n) is 1.64. The maximum Gasteiger partial charge on any atom is 0.179 e. The summed E-state index contributed by atoms with van der Waals surface area (Å²) in [5, 5.41) is 7.62. The Morgan fingerprint density at radius 1 is 1.80 bits per heavy atom. The number of hydrogen-bond acceptors (Lipinski definition) is 3. The Hall–Kier alpha value is 0.560. The topological polar surface area (TPSA) is 63.9 Å². The lowest BCUT2D eigenvalue weighted by molar-refractivity contribution is 0.525. The van der Waals surface area contributed by atoms with Crippen molar-refractivity contribution in [1.82, 2.24) is 0 Å². The van der Waals surface area contributed by atoms with Gasteiger partial charge in [-0.05, 0) is 18.0 Å². The Balaban J connectivity index is 4.37. The number of alkyl halides is 2. The number of hydrogen-bond donors (Lipinski definition) is 0. The van der Waals surface area contributed by atoms with Crippen molar-refractivity contribution in [1.29, 1.82) is 5.26 Å². The van der Waals surface area contributed by atoms with E-state index in [-0.39, 0.29) is 0 Å². The van der Waals surface area contributed by atoms with E-state index in [0.29, 0.717) is 0 Å². The number of nitrogens with zero attached hydrogens (tertiary/aromatic N) is 1. The summed E-state index contributed by atoms with van der Waals surface area (Å²) in [5.74, 6) is 0. The van der Waals surface area contributed by atoms with Crippen LogP contribution in [0.4, 0.5) is 0 Å². The molecule has 0 aromatic carbocycles. The molecule has 2 unspecified atom stereocenters. The minimum absolute atomic E-state index is 0.780. The molecule has 0 heterocycles. The number of nitriles is 1. The van der Waals surface area contributed by atoms with Crippen LogP contribution in [0.2, 0.25) is 0 Å². The summed E-state index contributed by atoms with van der Waals surface area (Å²) in [6.45, 7) is 1.43. The van der Waals surface area contributed by atoms with E-state index >= 15 is 0 Å². The smallest absolute Gasteiger partial charge is 0.179 e. The predicted octanol–water partition coefficient (Wildman–Crippen LogP) is 1.26. The fourth-order valence-corrected chi connectivity index (χ4v) is 1.42. The first-order chi connectivity index (χ1) is 4.41. The molecule has 0 saturated heterocycles. The van der Waals surface area contributed by atoms with E-state index in [1.54, 1.807) is 6.07 Å². The summed E-state index contributed by atoms with van der Waals surface area (Å²) in [6, 6.07) is 1.76. The third-order valence-corrected chi connectivity index (χ3v) is 4.21. The second-order valence-corrected chi connectivity index (χ2v) is 6.43. The SMILES string of the molecule is CC(S(=O)[O-])C(Br)(Br)C#N. The summed E-state index contributed by atoms with van der Waals surface area (Å²) in [5.41, 5.74) is 0. The molecule has 0 spiro atoms. The highest BCUT2D eigenvalue weighted by Gasteiger charge is 2.30. The van der Waals surface area contributed by atoms with Crippen LogP contribution in [0.25, 0.3) is 0 Å². The van der Waals surface area contributed by atoms with Gasteiger partial charge in [0.15, 0.2) is 3.23 Å².